The lowest BCUT2D eigenvalue weighted by Gasteiger charge is -2.03. The molecule has 0 amide bonds. The van der Waals surface area contributed by atoms with Crippen LogP contribution >= 0.6 is 0 Å². The lowest BCUT2D eigenvalue weighted by atomic mass is 10.2. The molecule has 0 aliphatic carbocycles. The van der Waals surface area contributed by atoms with Crippen molar-refractivity contribution in [1.29, 1.82) is 0 Å². The predicted octanol–water partition coefficient (Wildman–Crippen LogP) is 1.22. The fraction of sp³-hybridized carbons (Fsp3) is 0.250. The van der Waals surface area contributed by atoms with Crippen molar-refractivity contribution in [2.24, 2.45) is 0 Å². The van der Waals surface area contributed by atoms with Crippen molar-refractivity contribution >= 4 is 17.0 Å². The molecule has 2 aromatic rings. The number of hydrogen-bond acceptors (Lipinski definition) is 4. The number of alkyl halides is 1. The number of aryl methyl sites for hydroxylation is 1. The molecule has 0 fully saturated rings. The van der Waals surface area contributed by atoms with Gasteiger partial charge in [0.15, 0.2) is 0 Å². The van der Waals surface area contributed by atoms with Crippen LogP contribution in [-0.2, 0) is 11.2 Å². The van der Waals surface area contributed by atoms with Crippen LogP contribution in [0.1, 0.15) is 16.1 Å². The Morgan fingerprint density at radius 1 is 1.50 bits per heavy atom. The second-order valence-electron chi connectivity index (χ2n) is 3.68. The number of aromatic amines is 1. The van der Waals surface area contributed by atoms with Gasteiger partial charge in [-0.05, 0) is 18.2 Å². The summed E-state index contributed by atoms with van der Waals surface area (Å²) in [6.07, 6.45) is -0.0238. The molecule has 0 atom stereocenters. The minimum absolute atomic E-state index is 0.0238. The van der Waals surface area contributed by atoms with Crippen LogP contribution in [0.3, 0.4) is 0 Å². The molecule has 0 spiro atoms. The van der Waals surface area contributed by atoms with E-state index in [1.165, 1.54) is 13.2 Å². The molecule has 6 heteroatoms. The number of methoxy groups -OCH3 is 1. The molecule has 2 rings (SSSR count). The van der Waals surface area contributed by atoms with Gasteiger partial charge in [0.25, 0.3) is 5.56 Å². The van der Waals surface area contributed by atoms with E-state index in [-0.39, 0.29) is 12.1 Å². The first-order chi connectivity index (χ1) is 8.65. The Kier molecular flexibility index (Phi) is 3.36. The van der Waals surface area contributed by atoms with Crippen molar-refractivity contribution in [3.63, 3.8) is 0 Å². The number of aromatic nitrogens is 2. The summed E-state index contributed by atoms with van der Waals surface area (Å²) in [6, 6.07) is 4.60. The lowest BCUT2D eigenvalue weighted by molar-refractivity contribution is 0.0601. The van der Waals surface area contributed by atoms with Gasteiger partial charge in [-0.15, -0.1) is 0 Å². The highest BCUT2D eigenvalue weighted by Gasteiger charge is 2.09. The molecular formula is C12H11FN2O3. The van der Waals surface area contributed by atoms with Crippen molar-refractivity contribution in [3.05, 3.63) is 39.8 Å². The number of halogens is 1. The second kappa shape index (κ2) is 4.95. The molecule has 0 saturated carbocycles. The largest absolute Gasteiger partial charge is 0.465 e. The quantitative estimate of drug-likeness (QED) is 0.831. The highest BCUT2D eigenvalue weighted by Crippen LogP contribution is 2.11. The smallest absolute Gasteiger partial charge is 0.337 e. The van der Waals surface area contributed by atoms with Crippen LogP contribution in [0.15, 0.2) is 23.0 Å². The number of benzene rings is 1. The van der Waals surface area contributed by atoms with Gasteiger partial charge in [0.05, 0.1) is 30.4 Å². The molecule has 0 aliphatic heterocycles. The van der Waals surface area contributed by atoms with Crippen molar-refractivity contribution < 1.29 is 13.9 Å². The van der Waals surface area contributed by atoms with E-state index >= 15 is 0 Å². The second-order valence-corrected chi connectivity index (χ2v) is 3.68. The number of nitrogens with one attached hydrogen (secondary N) is 1. The van der Waals surface area contributed by atoms with E-state index < -0.39 is 18.2 Å². The Morgan fingerprint density at radius 3 is 2.94 bits per heavy atom. The zero-order valence-corrected chi connectivity index (χ0v) is 9.70. The maximum Gasteiger partial charge on any atom is 0.337 e. The van der Waals surface area contributed by atoms with Gasteiger partial charge in [-0.1, -0.05) is 0 Å². The van der Waals surface area contributed by atoms with Gasteiger partial charge in [-0.3, -0.25) is 9.18 Å². The van der Waals surface area contributed by atoms with Gasteiger partial charge < -0.3 is 9.72 Å². The van der Waals surface area contributed by atoms with Crippen molar-refractivity contribution in [2.45, 2.75) is 6.42 Å². The number of ether oxygens (including phenoxy) is 1. The Balaban J connectivity index is 2.55. The number of nitrogens with zero attached hydrogens (tertiary/aromatic N) is 1. The van der Waals surface area contributed by atoms with E-state index in [1.807, 2.05) is 0 Å². The first kappa shape index (κ1) is 12.2. The summed E-state index contributed by atoms with van der Waals surface area (Å²) in [7, 11) is 1.28. The Labute approximate surface area is 102 Å². The molecule has 0 radical (unpaired) electrons. The summed E-state index contributed by atoms with van der Waals surface area (Å²) in [4.78, 5) is 29.5. The van der Waals surface area contributed by atoms with Gasteiger partial charge in [-0.25, -0.2) is 9.78 Å². The topological polar surface area (TPSA) is 72.0 Å². The van der Waals surface area contributed by atoms with Crippen LogP contribution in [0, 0.1) is 0 Å². The van der Waals surface area contributed by atoms with Crippen LogP contribution in [0.25, 0.3) is 11.0 Å². The van der Waals surface area contributed by atoms with Crippen LogP contribution in [0.2, 0.25) is 0 Å². The SMILES string of the molecule is COC(=O)c1ccc2nc(CCF)c(=O)[nH]c2c1. The highest BCUT2D eigenvalue weighted by atomic mass is 19.1. The zero-order chi connectivity index (χ0) is 13.1. The van der Waals surface area contributed by atoms with E-state index in [9.17, 15) is 14.0 Å². The number of carbonyl (C=O) groups excluding carboxylic acids is 1. The number of esters is 1. The van der Waals surface area contributed by atoms with Gasteiger partial charge in [0.2, 0.25) is 0 Å². The average Bonchev–Trinajstić information content (AvgIpc) is 2.38. The maximum absolute atomic E-state index is 12.2. The van der Waals surface area contributed by atoms with Crippen LogP contribution in [0.5, 0.6) is 0 Å². The Hall–Kier alpha value is -2.24. The zero-order valence-electron chi connectivity index (χ0n) is 9.70. The molecular weight excluding hydrogens is 239 g/mol. The van der Waals surface area contributed by atoms with Crippen LogP contribution in [0.4, 0.5) is 4.39 Å². The third-order valence-electron chi connectivity index (χ3n) is 2.51. The van der Waals surface area contributed by atoms with E-state index in [2.05, 4.69) is 14.7 Å². The first-order valence-corrected chi connectivity index (χ1v) is 5.33. The summed E-state index contributed by atoms with van der Waals surface area (Å²) >= 11 is 0. The summed E-state index contributed by atoms with van der Waals surface area (Å²) < 4.78 is 16.8. The van der Waals surface area contributed by atoms with Gasteiger partial charge in [0.1, 0.15) is 5.69 Å². The van der Waals surface area contributed by atoms with Gasteiger partial charge in [-0.2, -0.15) is 0 Å². The minimum Gasteiger partial charge on any atom is -0.465 e. The summed E-state index contributed by atoms with van der Waals surface area (Å²) in [5.74, 6) is -0.495. The molecule has 0 saturated heterocycles. The molecule has 0 bridgehead atoms. The third kappa shape index (κ3) is 2.22. The molecule has 18 heavy (non-hydrogen) atoms. The molecule has 94 valence electrons. The lowest BCUT2D eigenvalue weighted by Crippen LogP contribution is -2.16. The normalized spacial score (nSPS) is 10.6. The molecule has 1 aromatic heterocycles. The predicted molar refractivity (Wildman–Crippen MR) is 63.4 cm³/mol. The van der Waals surface area contributed by atoms with Crippen molar-refractivity contribution in [1.82, 2.24) is 9.97 Å². The number of carbonyl (C=O) groups is 1. The van der Waals surface area contributed by atoms with Gasteiger partial charge in [0, 0.05) is 6.42 Å². The number of rotatable bonds is 3. The standard InChI is InChI=1S/C12H11FN2O3/c1-18-12(17)7-2-3-8-10(6-7)15-11(16)9(14-8)4-5-13/h2-3,6H,4-5H2,1H3,(H,15,16). The first-order valence-electron chi connectivity index (χ1n) is 5.33. The summed E-state index contributed by atoms with van der Waals surface area (Å²) in [5, 5.41) is 0. The Bertz CT molecular complexity index is 651. The highest BCUT2D eigenvalue weighted by molar-refractivity contribution is 5.93. The molecule has 1 heterocycles. The van der Waals surface area contributed by atoms with E-state index in [4.69, 9.17) is 0 Å². The summed E-state index contributed by atoms with van der Waals surface area (Å²) in [6.45, 7) is -0.637. The van der Waals surface area contributed by atoms with Crippen LogP contribution in [-0.4, -0.2) is 29.7 Å². The fourth-order valence-electron chi connectivity index (χ4n) is 1.63. The Morgan fingerprint density at radius 2 is 2.28 bits per heavy atom. The summed E-state index contributed by atoms with van der Waals surface area (Å²) in [5.41, 5.74) is 0.954. The minimum atomic E-state index is -0.637. The fourth-order valence-corrected chi connectivity index (χ4v) is 1.63. The molecule has 1 N–H and O–H groups in total. The number of hydrogen-bond donors (Lipinski definition) is 1. The molecule has 5 nitrogen and oxygen atoms in total. The van der Waals surface area contributed by atoms with Crippen LogP contribution < -0.4 is 5.56 Å². The number of H-pyrrole nitrogens is 1. The maximum atomic E-state index is 12.2. The molecule has 1 aromatic carbocycles. The monoisotopic (exact) mass is 250 g/mol. The van der Waals surface area contributed by atoms with E-state index in [0.29, 0.717) is 16.6 Å². The molecule has 0 unspecified atom stereocenters. The average molecular weight is 250 g/mol. The van der Waals surface area contributed by atoms with E-state index in [1.54, 1.807) is 12.1 Å². The molecule has 0 aliphatic rings. The van der Waals surface area contributed by atoms with Crippen molar-refractivity contribution in [3.8, 4) is 0 Å². The third-order valence-corrected chi connectivity index (χ3v) is 2.51. The number of fused-ring (bicyclic) bond motifs is 1. The van der Waals surface area contributed by atoms with E-state index in [0.717, 1.165) is 0 Å². The van der Waals surface area contributed by atoms with Gasteiger partial charge >= 0.3 is 5.97 Å². The van der Waals surface area contributed by atoms with Crippen molar-refractivity contribution in [2.75, 3.05) is 13.8 Å².